The van der Waals surface area contributed by atoms with Crippen LogP contribution >= 0.6 is 0 Å². The van der Waals surface area contributed by atoms with Crippen molar-refractivity contribution < 1.29 is 16.8 Å². The SMILES string of the molecule is Cc1cc2c(-c3ccc(NS(C)(=O)=O)cc3)ccnc2n1S(=O)(=O)c1ccccc1. The summed E-state index contributed by atoms with van der Waals surface area (Å²) in [5, 5.41) is 0.693. The van der Waals surface area contributed by atoms with Gasteiger partial charge >= 0.3 is 0 Å². The molecule has 0 unspecified atom stereocenters. The summed E-state index contributed by atoms with van der Waals surface area (Å²) in [6.07, 6.45) is 2.66. The molecular formula is C21H19N3O4S2. The van der Waals surface area contributed by atoms with E-state index in [-0.39, 0.29) is 4.90 Å². The fraction of sp³-hybridized carbons (Fsp3) is 0.0952. The molecule has 4 aromatic rings. The summed E-state index contributed by atoms with van der Waals surface area (Å²) in [4.78, 5) is 4.53. The Bertz CT molecular complexity index is 1440. The van der Waals surface area contributed by atoms with Crippen LogP contribution in [0.15, 0.2) is 77.8 Å². The molecule has 0 bridgehead atoms. The standard InChI is InChI=1S/C21H19N3O4S2/c1-15-14-20-19(16-8-10-17(11-9-16)23-29(2,25)26)12-13-22-21(20)24(15)30(27,28)18-6-4-3-5-7-18/h3-14,23H,1-2H3. The molecule has 154 valence electrons. The first kappa shape index (κ1) is 20.1. The molecule has 0 aliphatic rings. The summed E-state index contributed by atoms with van der Waals surface area (Å²) >= 11 is 0. The maximum atomic E-state index is 13.2. The predicted molar refractivity (Wildman–Crippen MR) is 117 cm³/mol. The number of nitrogens with zero attached hydrogens (tertiary/aromatic N) is 2. The van der Waals surface area contributed by atoms with Gasteiger partial charge in [0.2, 0.25) is 10.0 Å². The number of pyridine rings is 1. The minimum atomic E-state index is -3.80. The molecular weight excluding hydrogens is 422 g/mol. The fourth-order valence-corrected chi connectivity index (χ4v) is 5.47. The van der Waals surface area contributed by atoms with E-state index in [1.807, 2.05) is 0 Å². The van der Waals surface area contributed by atoms with Crippen LogP contribution in [0.5, 0.6) is 0 Å². The highest BCUT2D eigenvalue weighted by Gasteiger charge is 2.23. The number of hydrogen-bond acceptors (Lipinski definition) is 5. The van der Waals surface area contributed by atoms with Gasteiger partial charge in [0.1, 0.15) is 0 Å². The maximum absolute atomic E-state index is 13.2. The molecule has 0 saturated carbocycles. The number of aryl methyl sites for hydroxylation is 1. The Balaban J connectivity index is 1.85. The van der Waals surface area contributed by atoms with Crippen LogP contribution in [0, 0.1) is 6.92 Å². The van der Waals surface area contributed by atoms with Gasteiger partial charge in [-0.1, -0.05) is 30.3 Å². The van der Waals surface area contributed by atoms with Crippen LogP contribution in [-0.4, -0.2) is 32.0 Å². The van der Waals surface area contributed by atoms with E-state index in [9.17, 15) is 16.8 Å². The van der Waals surface area contributed by atoms with Gasteiger partial charge in [-0.2, -0.15) is 0 Å². The second-order valence-electron chi connectivity index (χ2n) is 6.92. The van der Waals surface area contributed by atoms with Gasteiger partial charge in [0, 0.05) is 23.0 Å². The van der Waals surface area contributed by atoms with Gasteiger partial charge in [0.15, 0.2) is 5.65 Å². The summed E-state index contributed by atoms with van der Waals surface area (Å²) < 4.78 is 52.9. The van der Waals surface area contributed by atoms with Crippen molar-refractivity contribution >= 4 is 36.8 Å². The Morgan fingerprint density at radius 2 is 1.57 bits per heavy atom. The monoisotopic (exact) mass is 441 g/mol. The summed E-state index contributed by atoms with van der Waals surface area (Å²) in [7, 11) is -7.17. The summed E-state index contributed by atoms with van der Waals surface area (Å²) in [6.45, 7) is 1.73. The van der Waals surface area contributed by atoms with Crippen molar-refractivity contribution in [2.75, 3.05) is 11.0 Å². The number of hydrogen-bond donors (Lipinski definition) is 1. The van der Waals surface area contributed by atoms with Crippen LogP contribution in [0.2, 0.25) is 0 Å². The third-order valence-electron chi connectivity index (χ3n) is 4.62. The summed E-state index contributed by atoms with van der Waals surface area (Å²) in [6, 6.07) is 18.7. The number of aromatic nitrogens is 2. The molecule has 7 nitrogen and oxygen atoms in total. The zero-order valence-corrected chi connectivity index (χ0v) is 17.9. The van der Waals surface area contributed by atoms with Crippen molar-refractivity contribution in [3.05, 3.63) is 78.6 Å². The lowest BCUT2D eigenvalue weighted by molar-refractivity contribution is 0.587. The molecule has 0 aliphatic heterocycles. The van der Waals surface area contributed by atoms with Crippen LogP contribution < -0.4 is 4.72 Å². The summed E-state index contributed by atoms with van der Waals surface area (Å²) in [5.74, 6) is 0. The number of rotatable bonds is 5. The number of anilines is 1. The summed E-state index contributed by atoms with van der Waals surface area (Å²) in [5.41, 5.74) is 2.95. The van der Waals surface area contributed by atoms with Gasteiger partial charge in [-0.05, 0) is 54.4 Å². The van der Waals surface area contributed by atoms with Crippen LogP contribution in [0.1, 0.15) is 5.69 Å². The maximum Gasteiger partial charge on any atom is 0.269 e. The molecule has 2 aromatic heterocycles. The predicted octanol–water partition coefficient (Wildman–Crippen LogP) is 3.62. The normalized spacial score (nSPS) is 12.2. The molecule has 0 radical (unpaired) electrons. The van der Waals surface area contributed by atoms with E-state index in [4.69, 9.17) is 0 Å². The van der Waals surface area contributed by atoms with Crippen LogP contribution in [0.3, 0.4) is 0 Å². The van der Waals surface area contributed by atoms with Gasteiger partial charge in [0.05, 0.1) is 11.2 Å². The highest BCUT2D eigenvalue weighted by molar-refractivity contribution is 7.92. The molecule has 2 aromatic carbocycles. The second kappa shape index (κ2) is 7.26. The van der Waals surface area contributed by atoms with Crippen molar-refractivity contribution in [1.82, 2.24) is 8.96 Å². The lowest BCUT2D eigenvalue weighted by atomic mass is 10.0. The van der Waals surface area contributed by atoms with Gasteiger partial charge in [-0.3, -0.25) is 4.72 Å². The van der Waals surface area contributed by atoms with Gasteiger partial charge < -0.3 is 0 Å². The molecule has 0 spiro atoms. The van der Waals surface area contributed by atoms with Gasteiger partial charge in [-0.25, -0.2) is 25.8 Å². The van der Waals surface area contributed by atoms with Gasteiger partial charge in [0.25, 0.3) is 10.0 Å². The quantitative estimate of drug-likeness (QED) is 0.510. The molecule has 30 heavy (non-hydrogen) atoms. The van der Waals surface area contributed by atoms with E-state index in [2.05, 4.69) is 9.71 Å². The van der Waals surface area contributed by atoms with E-state index >= 15 is 0 Å². The number of sulfonamides is 1. The van der Waals surface area contributed by atoms with Crippen molar-refractivity contribution in [3.63, 3.8) is 0 Å². The minimum Gasteiger partial charge on any atom is -0.284 e. The molecule has 4 rings (SSSR count). The fourth-order valence-electron chi connectivity index (χ4n) is 3.39. The Hall–Kier alpha value is -3.17. The van der Waals surface area contributed by atoms with E-state index in [1.54, 1.807) is 79.9 Å². The van der Waals surface area contributed by atoms with Crippen molar-refractivity contribution in [2.24, 2.45) is 0 Å². The largest absolute Gasteiger partial charge is 0.284 e. The zero-order valence-electron chi connectivity index (χ0n) is 16.3. The molecule has 1 N–H and O–H groups in total. The lowest BCUT2D eigenvalue weighted by Gasteiger charge is -2.10. The molecule has 0 fully saturated rings. The second-order valence-corrected chi connectivity index (χ2v) is 10.5. The highest BCUT2D eigenvalue weighted by Crippen LogP contribution is 2.32. The lowest BCUT2D eigenvalue weighted by Crippen LogP contribution is -2.14. The van der Waals surface area contributed by atoms with Crippen molar-refractivity contribution in [1.29, 1.82) is 0 Å². The highest BCUT2D eigenvalue weighted by atomic mass is 32.2. The van der Waals surface area contributed by atoms with Crippen LogP contribution in [0.4, 0.5) is 5.69 Å². The molecule has 0 atom stereocenters. The molecule has 2 heterocycles. The number of benzene rings is 2. The molecule has 0 amide bonds. The first-order valence-corrected chi connectivity index (χ1v) is 12.4. The first-order chi connectivity index (χ1) is 14.2. The van der Waals surface area contributed by atoms with E-state index in [1.165, 1.54) is 3.97 Å². The van der Waals surface area contributed by atoms with Crippen LogP contribution in [0.25, 0.3) is 22.2 Å². The van der Waals surface area contributed by atoms with E-state index in [0.29, 0.717) is 22.4 Å². The Morgan fingerprint density at radius 1 is 0.900 bits per heavy atom. The minimum absolute atomic E-state index is 0.189. The average Bonchev–Trinajstić information content (AvgIpc) is 3.04. The zero-order chi connectivity index (χ0) is 21.5. The smallest absolute Gasteiger partial charge is 0.269 e. The van der Waals surface area contributed by atoms with Crippen LogP contribution in [-0.2, 0) is 20.0 Å². The molecule has 9 heteroatoms. The number of fused-ring (bicyclic) bond motifs is 1. The van der Waals surface area contributed by atoms with Crippen molar-refractivity contribution in [2.45, 2.75) is 11.8 Å². The Labute approximate surface area is 175 Å². The number of nitrogens with one attached hydrogen (secondary N) is 1. The molecule has 0 saturated heterocycles. The van der Waals surface area contributed by atoms with E-state index in [0.717, 1.165) is 17.4 Å². The van der Waals surface area contributed by atoms with Gasteiger partial charge in [-0.15, -0.1) is 0 Å². The third kappa shape index (κ3) is 3.69. The third-order valence-corrected chi connectivity index (χ3v) is 7.03. The first-order valence-electron chi connectivity index (χ1n) is 9.03. The average molecular weight is 442 g/mol. The topological polar surface area (TPSA) is 98.1 Å². The molecule has 0 aliphatic carbocycles. The van der Waals surface area contributed by atoms with Crippen molar-refractivity contribution in [3.8, 4) is 11.1 Å². The van der Waals surface area contributed by atoms with E-state index < -0.39 is 20.0 Å². The Kier molecular flexibility index (Phi) is 4.87. The Morgan fingerprint density at radius 3 is 2.20 bits per heavy atom.